The van der Waals surface area contributed by atoms with Crippen LogP contribution in [-0.4, -0.2) is 24.3 Å². The highest BCUT2D eigenvalue weighted by Crippen LogP contribution is 2.05. The third kappa shape index (κ3) is 3.18. The van der Waals surface area contributed by atoms with E-state index in [9.17, 15) is 9.90 Å². The molecular formula is C8H14O3. The Labute approximate surface area is 66.7 Å². The van der Waals surface area contributed by atoms with Gasteiger partial charge < -0.3 is 9.84 Å². The molecule has 0 aromatic carbocycles. The number of carbonyl (C=O) groups is 1. The number of aliphatic hydroxyl groups excluding tert-OH is 1. The van der Waals surface area contributed by atoms with Gasteiger partial charge in [0.05, 0.1) is 7.11 Å². The number of carbonyl (C=O) groups excluding carboxylic acids is 1. The standard InChI is InChI=1S/C8H14O3/c1-4-5-6(2)7(9)8(10)11-3/h4-7,9H,1-3H3/b5-4+/t6-,7+/m1/s1. The third-order valence-corrected chi connectivity index (χ3v) is 1.44. The molecule has 1 N–H and O–H groups in total. The smallest absolute Gasteiger partial charge is 0.335 e. The minimum absolute atomic E-state index is 0.188. The van der Waals surface area contributed by atoms with Gasteiger partial charge in [0.2, 0.25) is 0 Å². The van der Waals surface area contributed by atoms with E-state index < -0.39 is 12.1 Å². The maximum atomic E-state index is 10.7. The monoisotopic (exact) mass is 158 g/mol. The van der Waals surface area contributed by atoms with Crippen LogP contribution in [0.5, 0.6) is 0 Å². The molecule has 0 saturated carbocycles. The van der Waals surface area contributed by atoms with Gasteiger partial charge in [-0.3, -0.25) is 0 Å². The van der Waals surface area contributed by atoms with Crippen molar-refractivity contribution in [2.45, 2.75) is 20.0 Å². The van der Waals surface area contributed by atoms with Crippen LogP contribution in [0.2, 0.25) is 0 Å². The lowest BCUT2D eigenvalue weighted by Gasteiger charge is -2.11. The molecule has 0 fully saturated rings. The van der Waals surface area contributed by atoms with Gasteiger partial charge in [0.1, 0.15) is 0 Å². The van der Waals surface area contributed by atoms with Crippen LogP contribution in [-0.2, 0) is 9.53 Å². The van der Waals surface area contributed by atoms with Crippen LogP contribution in [0.15, 0.2) is 12.2 Å². The summed E-state index contributed by atoms with van der Waals surface area (Å²) in [4.78, 5) is 10.7. The normalized spacial score (nSPS) is 16.4. The molecule has 64 valence electrons. The summed E-state index contributed by atoms with van der Waals surface area (Å²) in [6.07, 6.45) is 2.49. The highest BCUT2D eigenvalue weighted by atomic mass is 16.5. The molecule has 0 bridgehead atoms. The van der Waals surface area contributed by atoms with Crippen molar-refractivity contribution < 1.29 is 14.6 Å². The summed E-state index contributed by atoms with van der Waals surface area (Å²) in [5.74, 6) is -0.775. The first-order valence-electron chi connectivity index (χ1n) is 3.52. The Balaban J connectivity index is 4.01. The van der Waals surface area contributed by atoms with Crippen LogP contribution in [0.25, 0.3) is 0 Å². The molecule has 0 rings (SSSR count). The second-order valence-electron chi connectivity index (χ2n) is 2.35. The topological polar surface area (TPSA) is 46.5 Å². The van der Waals surface area contributed by atoms with Crippen molar-refractivity contribution in [1.29, 1.82) is 0 Å². The Morgan fingerprint density at radius 2 is 2.18 bits per heavy atom. The second kappa shape index (κ2) is 4.91. The molecule has 0 spiro atoms. The van der Waals surface area contributed by atoms with Gasteiger partial charge in [-0.05, 0) is 6.92 Å². The SMILES string of the molecule is C/C=C/[C@@H](C)[C@H](O)C(=O)OC. The molecule has 0 saturated heterocycles. The van der Waals surface area contributed by atoms with Crippen molar-refractivity contribution >= 4 is 5.97 Å². The van der Waals surface area contributed by atoms with Crippen molar-refractivity contribution in [3.63, 3.8) is 0 Å². The van der Waals surface area contributed by atoms with Crippen molar-refractivity contribution in [1.82, 2.24) is 0 Å². The molecule has 0 radical (unpaired) electrons. The van der Waals surface area contributed by atoms with Crippen LogP contribution in [0.3, 0.4) is 0 Å². The number of hydrogen-bond donors (Lipinski definition) is 1. The van der Waals surface area contributed by atoms with E-state index in [-0.39, 0.29) is 5.92 Å². The molecule has 0 amide bonds. The number of methoxy groups -OCH3 is 1. The van der Waals surface area contributed by atoms with Gasteiger partial charge in [0.25, 0.3) is 0 Å². The van der Waals surface area contributed by atoms with Crippen molar-refractivity contribution in [3.05, 3.63) is 12.2 Å². The van der Waals surface area contributed by atoms with E-state index in [4.69, 9.17) is 0 Å². The molecule has 0 aromatic heterocycles. The number of esters is 1. The Kier molecular flexibility index (Phi) is 4.54. The quantitative estimate of drug-likeness (QED) is 0.486. The van der Waals surface area contributed by atoms with Crippen LogP contribution in [0.4, 0.5) is 0 Å². The average Bonchev–Trinajstić information content (AvgIpc) is 2.02. The van der Waals surface area contributed by atoms with Crippen LogP contribution < -0.4 is 0 Å². The fraction of sp³-hybridized carbons (Fsp3) is 0.625. The summed E-state index contributed by atoms with van der Waals surface area (Å²) in [7, 11) is 1.26. The largest absolute Gasteiger partial charge is 0.467 e. The zero-order chi connectivity index (χ0) is 8.85. The van der Waals surface area contributed by atoms with Crippen molar-refractivity contribution in [3.8, 4) is 0 Å². The van der Waals surface area contributed by atoms with Gasteiger partial charge >= 0.3 is 5.97 Å². The zero-order valence-electron chi connectivity index (χ0n) is 7.07. The fourth-order valence-corrected chi connectivity index (χ4v) is 0.744. The molecule has 0 aliphatic carbocycles. The maximum Gasteiger partial charge on any atom is 0.335 e. The Morgan fingerprint density at radius 1 is 1.64 bits per heavy atom. The van der Waals surface area contributed by atoms with E-state index >= 15 is 0 Å². The predicted octanol–water partition coefficient (Wildman–Crippen LogP) is 0.732. The Morgan fingerprint density at radius 3 is 2.55 bits per heavy atom. The summed E-state index contributed by atoms with van der Waals surface area (Å²) in [6.45, 7) is 3.59. The van der Waals surface area contributed by atoms with Gasteiger partial charge in [-0.15, -0.1) is 0 Å². The summed E-state index contributed by atoms with van der Waals surface area (Å²) < 4.78 is 4.36. The summed E-state index contributed by atoms with van der Waals surface area (Å²) in [6, 6.07) is 0. The minimum atomic E-state index is -1.05. The first-order chi connectivity index (χ1) is 5.13. The molecule has 0 unspecified atom stereocenters. The molecule has 2 atom stereocenters. The zero-order valence-corrected chi connectivity index (χ0v) is 7.07. The molecule has 0 heterocycles. The van der Waals surface area contributed by atoms with Gasteiger partial charge in [0, 0.05) is 5.92 Å². The van der Waals surface area contributed by atoms with Gasteiger partial charge in [0.15, 0.2) is 6.10 Å². The maximum absolute atomic E-state index is 10.7. The van der Waals surface area contributed by atoms with Gasteiger partial charge in [-0.2, -0.15) is 0 Å². The first-order valence-corrected chi connectivity index (χ1v) is 3.52. The lowest BCUT2D eigenvalue weighted by atomic mass is 10.1. The molecule has 3 heteroatoms. The van der Waals surface area contributed by atoms with E-state index in [0.29, 0.717) is 0 Å². The summed E-state index contributed by atoms with van der Waals surface area (Å²) in [5.41, 5.74) is 0. The molecule has 0 aliphatic heterocycles. The van der Waals surface area contributed by atoms with Crippen molar-refractivity contribution in [2.75, 3.05) is 7.11 Å². The van der Waals surface area contributed by atoms with Crippen LogP contribution in [0, 0.1) is 5.92 Å². The predicted molar refractivity (Wildman–Crippen MR) is 42.0 cm³/mol. The highest BCUT2D eigenvalue weighted by molar-refractivity contribution is 5.74. The molecule has 0 aromatic rings. The van der Waals surface area contributed by atoms with Crippen LogP contribution >= 0.6 is 0 Å². The van der Waals surface area contributed by atoms with E-state index in [0.717, 1.165) is 0 Å². The number of aliphatic hydroxyl groups is 1. The molecule has 0 aliphatic rings. The molecule has 11 heavy (non-hydrogen) atoms. The Hall–Kier alpha value is -0.830. The Bertz CT molecular complexity index is 151. The number of hydrogen-bond acceptors (Lipinski definition) is 3. The minimum Gasteiger partial charge on any atom is -0.467 e. The van der Waals surface area contributed by atoms with Gasteiger partial charge in [-0.1, -0.05) is 19.1 Å². The number of allylic oxidation sites excluding steroid dienone is 1. The lowest BCUT2D eigenvalue weighted by molar-refractivity contribution is -0.152. The van der Waals surface area contributed by atoms with Crippen LogP contribution in [0.1, 0.15) is 13.8 Å². The highest BCUT2D eigenvalue weighted by Gasteiger charge is 2.20. The van der Waals surface area contributed by atoms with Gasteiger partial charge in [-0.25, -0.2) is 4.79 Å². The van der Waals surface area contributed by atoms with E-state index in [1.165, 1.54) is 7.11 Å². The number of rotatable bonds is 3. The summed E-state index contributed by atoms with van der Waals surface area (Å²) in [5, 5.41) is 9.19. The van der Waals surface area contributed by atoms with E-state index in [2.05, 4.69) is 4.74 Å². The molecule has 3 nitrogen and oxygen atoms in total. The molecular weight excluding hydrogens is 144 g/mol. The summed E-state index contributed by atoms with van der Waals surface area (Å²) >= 11 is 0. The second-order valence-corrected chi connectivity index (χ2v) is 2.35. The number of ether oxygens (including phenoxy) is 1. The van der Waals surface area contributed by atoms with Crippen molar-refractivity contribution in [2.24, 2.45) is 5.92 Å². The third-order valence-electron chi connectivity index (χ3n) is 1.44. The van der Waals surface area contributed by atoms with E-state index in [1.54, 1.807) is 19.1 Å². The lowest BCUT2D eigenvalue weighted by Crippen LogP contribution is -2.27. The first kappa shape index (κ1) is 10.2. The fourth-order valence-electron chi connectivity index (χ4n) is 0.744. The average molecular weight is 158 g/mol. The van der Waals surface area contributed by atoms with E-state index in [1.807, 2.05) is 6.92 Å².